The van der Waals surface area contributed by atoms with Crippen molar-refractivity contribution in [1.29, 1.82) is 5.41 Å². The molecular formula is C18H10ClN3O4S2. The maximum absolute atomic E-state index is 12.7. The quantitative estimate of drug-likeness (QED) is 0.337. The van der Waals surface area contributed by atoms with Crippen LogP contribution in [0.2, 0.25) is 5.02 Å². The normalized spacial score (nSPS) is 18.2. The minimum absolute atomic E-state index is 0.100. The first kappa shape index (κ1) is 18.6. The fraction of sp³-hybridized carbons (Fsp3) is 0.0556. The average Bonchev–Trinajstić information content (AvgIpc) is 3.38. The number of thiazole rings is 1. The molecule has 7 nitrogen and oxygen atoms in total. The monoisotopic (exact) mass is 431 g/mol. The van der Waals surface area contributed by atoms with Crippen molar-refractivity contribution in [2.45, 2.75) is 5.92 Å². The van der Waals surface area contributed by atoms with Crippen molar-refractivity contribution >= 4 is 57.3 Å². The highest BCUT2D eigenvalue weighted by Crippen LogP contribution is 2.41. The molecule has 0 saturated carbocycles. The van der Waals surface area contributed by atoms with Crippen LogP contribution < -0.4 is 0 Å². The van der Waals surface area contributed by atoms with E-state index < -0.39 is 10.8 Å². The third kappa shape index (κ3) is 3.39. The van der Waals surface area contributed by atoms with Gasteiger partial charge in [0.15, 0.2) is 5.78 Å². The van der Waals surface area contributed by atoms with Gasteiger partial charge < -0.3 is 4.42 Å². The Labute approximate surface area is 171 Å². The molecule has 1 aliphatic rings. The second-order valence-corrected chi connectivity index (χ2v) is 8.18. The molecule has 0 unspecified atom stereocenters. The van der Waals surface area contributed by atoms with E-state index in [1.807, 2.05) is 0 Å². The average molecular weight is 432 g/mol. The number of nitrogens with zero attached hydrogens (tertiary/aromatic N) is 2. The summed E-state index contributed by atoms with van der Waals surface area (Å²) in [5, 5.41) is 22.0. The fourth-order valence-corrected chi connectivity index (χ4v) is 4.71. The summed E-state index contributed by atoms with van der Waals surface area (Å²) in [5.74, 6) is -0.128. The molecule has 1 atom stereocenters. The Bertz CT molecular complexity index is 1140. The number of furan rings is 1. The Balaban J connectivity index is 1.64. The van der Waals surface area contributed by atoms with E-state index in [0.29, 0.717) is 32.0 Å². The number of rotatable bonds is 4. The van der Waals surface area contributed by atoms with Crippen molar-refractivity contribution in [2.24, 2.45) is 0 Å². The zero-order valence-corrected chi connectivity index (χ0v) is 16.3. The van der Waals surface area contributed by atoms with E-state index in [4.69, 9.17) is 21.4 Å². The fourth-order valence-electron chi connectivity index (χ4n) is 2.71. The summed E-state index contributed by atoms with van der Waals surface area (Å²) in [6.45, 7) is 0. The molecule has 3 aromatic rings. The number of carbonyl (C=O) groups excluding carboxylic acids is 1. The molecule has 140 valence electrons. The van der Waals surface area contributed by atoms with Crippen LogP contribution in [-0.4, -0.2) is 20.7 Å². The number of allylic oxidation sites excluding steroid dienone is 1. The number of Topliss-reactive ketones (excluding diaryl/α,β-unsaturated/α-hetero) is 1. The Hall–Kier alpha value is -2.75. The molecular weight excluding hydrogens is 422 g/mol. The standard InChI is InChI=1S/C18H10ClN3O4S2/c19-12-3-1-9(22(24)25)7-11(12)13-4-2-10(26-13)8-14-16(23)15(17(20)28-14)18-21-5-6-27-18/h1-8,15,20H/b14-8-,20-17?/t15-/m1/s1. The smallest absolute Gasteiger partial charge is 0.270 e. The summed E-state index contributed by atoms with van der Waals surface area (Å²) >= 11 is 8.56. The van der Waals surface area contributed by atoms with Crippen molar-refractivity contribution in [1.82, 2.24) is 4.98 Å². The second kappa shape index (κ2) is 7.34. The molecule has 2 aromatic heterocycles. The van der Waals surface area contributed by atoms with Crippen LogP contribution in [0.1, 0.15) is 16.7 Å². The summed E-state index contributed by atoms with van der Waals surface area (Å²) in [6, 6.07) is 7.36. The number of benzene rings is 1. The number of carbonyl (C=O) groups is 1. The molecule has 28 heavy (non-hydrogen) atoms. The van der Waals surface area contributed by atoms with Crippen LogP contribution in [0.25, 0.3) is 17.4 Å². The molecule has 3 heterocycles. The predicted octanol–water partition coefficient (Wildman–Crippen LogP) is 5.38. The summed E-state index contributed by atoms with van der Waals surface area (Å²) in [7, 11) is 0. The van der Waals surface area contributed by atoms with E-state index in [9.17, 15) is 14.9 Å². The first-order valence-corrected chi connectivity index (χ1v) is 9.97. The van der Waals surface area contributed by atoms with Crippen LogP contribution in [0, 0.1) is 15.5 Å². The second-order valence-electron chi connectivity index (χ2n) is 5.77. The van der Waals surface area contributed by atoms with Gasteiger partial charge in [0.1, 0.15) is 22.4 Å². The van der Waals surface area contributed by atoms with Gasteiger partial charge in [-0.1, -0.05) is 23.4 Å². The molecule has 1 fully saturated rings. The van der Waals surface area contributed by atoms with Gasteiger partial charge in [-0.2, -0.15) is 0 Å². The van der Waals surface area contributed by atoms with Gasteiger partial charge in [0.2, 0.25) is 0 Å². The first-order valence-electron chi connectivity index (χ1n) is 7.90. The molecule has 1 saturated heterocycles. The van der Waals surface area contributed by atoms with Gasteiger partial charge in [0.05, 0.1) is 19.9 Å². The number of hydrogen-bond acceptors (Lipinski definition) is 8. The zero-order valence-electron chi connectivity index (χ0n) is 13.9. The number of hydrogen-bond donors (Lipinski definition) is 1. The number of ketones is 1. The third-order valence-corrected chi connectivity index (χ3v) is 6.18. The van der Waals surface area contributed by atoms with Gasteiger partial charge in [-0.05, 0) is 24.3 Å². The first-order chi connectivity index (χ1) is 13.4. The van der Waals surface area contributed by atoms with E-state index in [1.165, 1.54) is 29.5 Å². The number of nitro groups is 1. The number of nitrogens with one attached hydrogen (secondary N) is 1. The Morgan fingerprint density at radius 2 is 2.14 bits per heavy atom. The van der Waals surface area contributed by atoms with Crippen LogP contribution in [0.5, 0.6) is 0 Å². The van der Waals surface area contributed by atoms with Crippen molar-refractivity contribution < 1.29 is 14.1 Å². The lowest BCUT2D eigenvalue weighted by atomic mass is 10.1. The zero-order chi connectivity index (χ0) is 19.8. The van der Waals surface area contributed by atoms with Crippen molar-refractivity contribution in [3.63, 3.8) is 0 Å². The topological polar surface area (TPSA) is 110 Å². The molecule has 10 heteroatoms. The van der Waals surface area contributed by atoms with Crippen molar-refractivity contribution in [3.05, 3.63) is 72.7 Å². The van der Waals surface area contributed by atoms with Gasteiger partial charge in [-0.15, -0.1) is 11.3 Å². The molecule has 1 N–H and O–H groups in total. The highest BCUT2D eigenvalue weighted by Gasteiger charge is 2.38. The number of thioether (sulfide) groups is 1. The molecule has 0 radical (unpaired) electrons. The van der Waals surface area contributed by atoms with E-state index in [-0.39, 0.29) is 16.5 Å². The van der Waals surface area contributed by atoms with E-state index in [2.05, 4.69) is 4.98 Å². The van der Waals surface area contributed by atoms with Crippen molar-refractivity contribution in [2.75, 3.05) is 0 Å². The van der Waals surface area contributed by atoms with Gasteiger partial charge in [0.25, 0.3) is 5.69 Å². The van der Waals surface area contributed by atoms with E-state index in [0.717, 1.165) is 11.8 Å². The number of non-ortho nitro benzene ring substituents is 1. The number of aromatic nitrogens is 1. The number of nitro benzene ring substituents is 1. The molecule has 0 spiro atoms. The Kier molecular flexibility index (Phi) is 4.88. The number of halogens is 1. The van der Waals surface area contributed by atoms with Crippen molar-refractivity contribution in [3.8, 4) is 11.3 Å². The predicted molar refractivity (Wildman–Crippen MR) is 109 cm³/mol. The van der Waals surface area contributed by atoms with Gasteiger partial charge in [-0.3, -0.25) is 20.3 Å². The lowest BCUT2D eigenvalue weighted by Gasteiger charge is -2.01. The largest absolute Gasteiger partial charge is 0.457 e. The Morgan fingerprint density at radius 3 is 2.86 bits per heavy atom. The maximum Gasteiger partial charge on any atom is 0.270 e. The third-order valence-electron chi connectivity index (χ3n) is 4.01. The summed E-state index contributed by atoms with van der Waals surface area (Å²) in [4.78, 5) is 27.7. The Morgan fingerprint density at radius 1 is 1.32 bits per heavy atom. The highest BCUT2D eigenvalue weighted by atomic mass is 35.5. The highest BCUT2D eigenvalue weighted by molar-refractivity contribution is 8.19. The lowest BCUT2D eigenvalue weighted by Crippen LogP contribution is -2.11. The van der Waals surface area contributed by atoms with Crippen LogP contribution in [0.15, 0.2) is 51.2 Å². The summed E-state index contributed by atoms with van der Waals surface area (Å²) < 4.78 is 5.72. The van der Waals surface area contributed by atoms with Gasteiger partial charge in [0, 0.05) is 29.3 Å². The van der Waals surface area contributed by atoms with Gasteiger partial charge >= 0.3 is 0 Å². The lowest BCUT2D eigenvalue weighted by molar-refractivity contribution is -0.384. The molecule has 4 rings (SSSR count). The van der Waals surface area contributed by atoms with Crippen LogP contribution >= 0.6 is 34.7 Å². The minimum atomic E-state index is -0.670. The maximum atomic E-state index is 12.7. The van der Waals surface area contributed by atoms with E-state index >= 15 is 0 Å². The van der Waals surface area contributed by atoms with Crippen LogP contribution in [0.3, 0.4) is 0 Å². The summed E-state index contributed by atoms with van der Waals surface area (Å²) in [6.07, 6.45) is 3.17. The molecule has 1 aromatic carbocycles. The minimum Gasteiger partial charge on any atom is -0.457 e. The molecule has 0 aliphatic carbocycles. The molecule has 0 bridgehead atoms. The van der Waals surface area contributed by atoms with Gasteiger partial charge in [-0.25, -0.2) is 4.98 Å². The van der Waals surface area contributed by atoms with Crippen LogP contribution in [0.4, 0.5) is 5.69 Å². The molecule has 1 aliphatic heterocycles. The van der Waals surface area contributed by atoms with Crippen LogP contribution in [-0.2, 0) is 4.79 Å². The summed E-state index contributed by atoms with van der Waals surface area (Å²) in [5.41, 5.74) is 0.288. The molecule has 0 amide bonds. The van der Waals surface area contributed by atoms with E-state index in [1.54, 1.807) is 29.8 Å². The SMILES string of the molecule is N=C1S/C(=C\c2ccc(-c3cc([N+](=O)[O-])ccc3Cl)o2)C(=O)[C@H]1c1nccs1.